The molecular formula is C29H36ClN3O. The van der Waals surface area contributed by atoms with Gasteiger partial charge in [0.2, 0.25) is 5.91 Å². The Kier molecular flexibility index (Phi) is 7.49. The number of para-hydroxylation sites is 1. The topological polar surface area (TPSA) is 39.3 Å². The van der Waals surface area contributed by atoms with Gasteiger partial charge in [-0.1, -0.05) is 54.1 Å². The van der Waals surface area contributed by atoms with Gasteiger partial charge in [0.15, 0.2) is 0 Å². The van der Waals surface area contributed by atoms with E-state index in [2.05, 4.69) is 89.7 Å². The SMILES string of the molecule is CN(C)C1(c2ccccc2)CCC(=CC(=O)N2CCCC(c3c[nH]c4ccccc34)C2)CC1.Cl. The van der Waals surface area contributed by atoms with Gasteiger partial charge in [-0.3, -0.25) is 9.69 Å². The van der Waals surface area contributed by atoms with Crippen LogP contribution in [0.4, 0.5) is 0 Å². The van der Waals surface area contributed by atoms with E-state index in [0.717, 1.165) is 51.6 Å². The molecule has 0 bridgehead atoms. The summed E-state index contributed by atoms with van der Waals surface area (Å²) in [5.41, 5.74) is 5.29. The van der Waals surface area contributed by atoms with Gasteiger partial charge in [0.25, 0.3) is 0 Å². The predicted molar refractivity (Wildman–Crippen MR) is 142 cm³/mol. The number of fused-ring (bicyclic) bond motifs is 1. The normalized spacial score (nSPS) is 23.1. The molecule has 1 atom stereocenters. The van der Waals surface area contributed by atoms with Crippen molar-refractivity contribution in [2.24, 2.45) is 0 Å². The van der Waals surface area contributed by atoms with Crippen LogP contribution in [-0.2, 0) is 10.3 Å². The molecule has 4 nitrogen and oxygen atoms in total. The van der Waals surface area contributed by atoms with Gasteiger partial charge in [0.05, 0.1) is 0 Å². The van der Waals surface area contributed by atoms with Gasteiger partial charge in [0.1, 0.15) is 0 Å². The minimum Gasteiger partial charge on any atom is -0.361 e. The highest BCUT2D eigenvalue weighted by Crippen LogP contribution is 2.43. The number of nitrogens with one attached hydrogen (secondary N) is 1. The Morgan fingerprint density at radius 1 is 1.06 bits per heavy atom. The van der Waals surface area contributed by atoms with Crippen molar-refractivity contribution in [1.82, 2.24) is 14.8 Å². The van der Waals surface area contributed by atoms with Gasteiger partial charge in [-0.15, -0.1) is 12.4 Å². The summed E-state index contributed by atoms with van der Waals surface area (Å²) in [4.78, 5) is 21.1. The molecule has 5 rings (SSSR count). The van der Waals surface area contributed by atoms with Crippen LogP contribution in [0.1, 0.15) is 55.6 Å². The fraction of sp³-hybridized carbons (Fsp3) is 0.414. The summed E-state index contributed by atoms with van der Waals surface area (Å²) in [6.07, 6.45) is 10.4. The van der Waals surface area contributed by atoms with Crippen LogP contribution in [0, 0.1) is 0 Å². The molecule has 1 unspecified atom stereocenters. The number of H-pyrrole nitrogens is 1. The van der Waals surface area contributed by atoms with E-state index >= 15 is 0 Å². The third-order valence-electron chi connectivity index (χ3n) is 8.01. The molecule has 1 saturated heterocycles. The first kappa shape index (κ1) is 24.6. The van der Waals surface area contributed by atoms with Crippen LogP contribution in [0.5, 0.6) is 0 Å². The van der Waals surface area contributed by atoms with Crippen molar-refractivity contribution in [3.63, 3.8) is 0 Å². The minimum absolute atomic E-state index is 0. The number of allylic oxidation sites excluding steroid dienone is 1. The van der Waals surface area contributed by atoms with Crippen molar-refractivity contribution in [1.29, 1.82) is 0 Å². The molecule has 2 fully saturated rings. The Morgan fingerprint density at radius 3 is 2.50 bits per heavy atom. The Labute approximate surface area is 209 Å². The maximum Gasteiger partial charge on any atom is 0.246 e. The first-order valence-corrected chi connectivity index (χ1v) is 12.3. The lowest BCUT2D eigenvalue weighted by atomic mass is 9.74. The third-order valence-corrected chi connectivity index (χ3v) is 8.01. The van der Waals surface area contributed by atoms with Crippen molar-refractivity contribution < 1.29 is 4.79 Å². The standard InChI is InChI=1S/C29H35N3O.ClH/c1-31(2)29(24-10-4-3-5-11-24)16-14-22(15-17-29)19-28(33)32-18-8-9-23(21-32)26-20-30-27-13-7-6-12-25(26)27;/h3-7,10-13,19-20,23,30H,8-9,14-18,21H2,1-2H3;1H. The van der Waals surface area contributed by atoms with Gasteiger partial charge in [-0.2, -0.15) is 0 Å². The Morgan fingerprint density at radius 2 is 1.76 bits per heavy atom. The molecule has 34 heavy (non-hydrogen) atoms. The van der Waals surface area contributed by atoms with E-state index in [-0.39, 0.29) is 23.9 Å². The number of aromatic amines is 1. The molecule has 1 aromatic heterocycles. The van der Waals surface area contributed by atoms with Crippen molar-refractivity contribution in [3.05, 3.63) is 83.6 Å². The number of rotatable bonds is 4. The Hall–Kier alpha value is -2.56. The van der Waals surface area contributed by atoms with Crippen LogP contribution in [0.3, 0.4) is 0 Å². The number of aromatic nitrogens is 1. The zero-order valence-corrected chi connectivity index (χ0v) is 21.1. The molecule has 3 aromatic rings. The molecule has 180 valence electrons. The Bertz CT molecular complexity index is 1140. The van der Waals surface area contributed by atoms with Crippen molar-refractivity contribution in [2.45, 2.75) is 50.0 Å². The first-order chi connectivity index (χ1) is 16.1. The highest BCUT2D eigenvalue weighted by atomic mass is 35.5. The fourth-order valence-electron chi connectivity index (χ4n) is 6.00. The molecule has 1 aliphatic carbocycles. The van der Waals surface area contributed by atoms with Gasteiger partial charge in [0, 0.05) is 47.7 Å². The second-order valence-electron chi connectivity index (χ2n) is 10.0. The average Bonchev–Trinajstić information content (AvgIpc) is 3.29. The lowest BCUT2D eigenvalue weighted by Gasteiger charge is -2.44. The summed E-state index contributed by atoms with van der Waals surface area (Å²) < 4.78 is 0. The number of piperidine rings is 1. The summed E-state index contributed by atoms with van der Waals surface area (Å²) >= 11 is 0. The van der Waals surface area contributed by atoms with E-state index in [0.29, 0.717) is 5.92 Å². The summed E-state index contributed by atoms with van der Waals surface area (Å²) in [6, 6.07) is 19.3. The lowest BCUT2D eigenvalue weighted by Crippen LogP contribution is -2.43. The van der Waals surface area contributed by atoms with E-state index in [1.807, 2.05) is 6.08 Å². The summed E-state index contributed by atoms with van der Waals surface area (Å²) in [6.45, 7) is 1.68. The summed E-state index contributed by atoms with van der Waals surface area (Å²) in [5, 5.41) is 1.29. The number of halogens is 1. The lowest BCUT2D eigenvalue weighted by molar-refractivity contribution is -0.127. The molecule has 1 amide bonds. The Balaban J connectivity index is 0.00000274. The molecule has 0 spiro atoms. The number of hydrogen-bond donors (Lipinski definition) is 1. The second kappa shape index (κ2) is 10.4. The van der Waals surface area contributed by atoms with Crippen LogP contribution in [0.25, 0.3) is 10.9 Å². The van der Waals surface area contributed by atoms with E-state index in [4.69, 9.17) is 0 Å². The number of hydrogen-bond acceptors (Lipinski definition) is 2. The van der Waals surface area contributed by atoms with Crippen LogP contribution < -0.4 is 0 Å². The van der Waals surface area contributed by atoms with Gasteiger partial charge in [-0.25, -0.2) is 0 Å². The molecule has 2 heterocycles. The van der Waals surface area contributed by atoms with Crippen LogP contribution >= 0.6 is 12.4 Å². The van der Waals surface area contributed by atoms with E-state index < -0.39 is 0 Å². The molecule has 2 aromatic carbocycles. The molecule has 1 saturated carbocycles. The van der Waals surface area contributed by atoms with Gasteiger partial charge < -0.3 is 9.88 Å². The molecule has 2 aliphatic rings. The largest absolute Gasteiger partial charge is 0.361 e. The molecular weight excluding hydrogens is 442 g/mol. The van der Waals surface area contributed by atoms with Crippen molar-refractivity contribution >= 4 is 29.2 Å². The van der Waals surface area contributed by atoms with Crippen LogP contribution in [0.15, 0.2) is 72.4 Å². The molecule has 1 aliphatic heterocycles. The smallest absolute Gasteiger partial charge is 0.246 e. The summed E-state index contributed by atoms with van der Waals surface area (Å²) in [7, 11) is 4.37. The first-order valence-electron chi connectivity index (χ1n) is 12.3. The highest BCUT2D eigenvalue weighted by molar-refractivity contribution is 5.89. The highest BCUT2D eigenvalue weighted by Gasteiger charge is 2.37. The second-order valence-corrected chi connectivity index (χ2v) is 10.0. The van der Waals surface area contributed by atoms with Gasteiger partial charge >= 0.3 is 0 Å². The maximum absolute atomic E-state index is 13.2. The number of amides is 1. The molecule has 1 N–H and O–H groups in total. The van der Waals surface area contributed by atoms with Gasteiger partial charge in [-0.05, 0) is 69.8 Å². The average molecular weight is 478 g/mol. The monoisotopic (exact) mass is 477 g/mol. The van der Waals surface area contributed by atoms with E-state index in [9.17, 15) is 4.79 Å². The zero-order chi connectivity index (χ0) is 22.8. The van der Waals surface area contributed by atoms with E-state index in [1.54, 1.807) is 0 Å². The minimum atomic E-state index is 0. The number of carbonyl (C=O) groups excluding carboxylic acids is 1. The van der Waals surface area contributed by atoms with Crippen molar-refractivity contribution in [2.75, 3.05) is 27.2 Å². The number of likely N-dealkylation sites (tertiary alicyclic amines) is 1. The molecule has 5 heteroatoms. The quantitative estimate of drug-likeness (QED) is 0.451. The third kappa shape index (κ3) is 4.67. The predicted octanol–water partition coefficient (Wildman–Crippen LogP) is 6.25. The van der Waals surface area contributed by atoms with E-state index in [1.165, 1.54) is 27.6 Å². The number of carbonyl (C=O) groups is 1. The van der Waals surface area contributed by atoms with Crippen LogP contribution in [-0.4, -0.2) is 47.9 Å². The zero-order valence-electron chi connectivity index (χ0n) is 20.3. The molecule has 0 radical (unpaired) electrons. The van der Waals surface area contributed by atoms with Crippen LogP contribution in [0.2, 0.25) is 0 Å². The number of nitrogens with zero attached hydrogens (tertiary/aromatic N) is 2. The fourth-order valence-corrected chi connectivity index (χ4v) is 6.00. The maximum atomic E-state index is 13.2. The van der Waals surface area contributed by atoms with Crippen molar-refractivity contribution in [3.8, 4) is 0 Å². The number of benzene rings is 2. The summed E-state index contributed by atoms with van der Waals surface area (Å²) in [5.74, 6) is 0.606.